The van der Waals surface area contributed by atoms with Crippen molar-refractivity contribution in [3.63, 3.8) is 0 Å². The molecule has 1 aromatic heterocycles. The molecule has 1 saturated carbocycles. The highest BCUT2D eigenvalue weighted by atomic mass is 16.4. The molecule has 1 aromatic rings. The molecular formula is C9H14N6O3. The standard InChI is InChI=1S/C9H14N6O3/c16-8(17)5-1-2-6(3-5)11-9(18)10-4-7-12-14-15-13-7/h5-6H,1-4H2,(H,16,17)(H2,10,11,18)(H,12,13,14,15). The second kappa shape index (κ2) is 5.43. The van der Waals surface area contributed by atoms with E-state index in [4.69, 9.17) is 5.11 Å². The maximum absolute atomic E-state index is 11.5. The highest BCUT2D eigenvalue weighted by molar-refractivity contribution is 5.75. The molecule has 0 radical (unpaired) electrons. The molecule has 0 bridgehead atoms. The fraction of sp³-hybridized carbons (Fsp3) is 0.667. The Morgan fingerprint density at radius 1 is 1.44 bits per heavy atom. The summed E-state index contributed by atoms with van der Waals surface area (Å²) in [6.45, 7) is 0.178. The number of carboxylic acids is 1. The summed E-state index contributed by atoms with van der Waals surface area (Å²) >= 11 is 0. The van der Waals surface area contributed by atoms with E-state index in [2.05, 4.69) is 31.3 Å². The summed E-state index contributed by atoms with van der Waals surface area (Å²) in [5, 5.41) is 27.2. The summed E-state index contributed by atoms with van der Waals surface area (Å²) in [7, 11) is 0. The van der Waals surface area contributed by atoms with Crippen LogP contribution in [-0.4, -0.2) is 43.8 Å². The normalized spacial score (nSPS) is 22.7. The van der Waals surface area contributed by atoms with Crippen LogP contribution in [0.25, 0.3) is 0 Å². The molecule has 0 spiro atoms. The molecule has 1 aliphatic carbocycles. The minimum Gasteiger partial charge on any atom is -0.481 e. The molecule has 98 valence electrons. The van der Waals surface area contributed by atoms with Gasteiger partial charge < -0.3 is 15.7 Å². The topological polar surface area (TPSA) is 133 Å². The molecule has 0 saturated heterocycles. The molecule has 1 heterocycles. The molecule has 2 atom stereocenters. The number of carbonyl (C=O) groups is 2. The lowest BCUT2D eigenvalue weighted by Gasteiger charge is -2.12. The van der Waals surface area contributed by atoms with Crippen molar-refractivity contribution in [3.8, 4) is 0 Å². The zero-order valence-electron chi connectivity index (χ0n) is 9.59. The van der Waals surface area contributed by atoms with Gasteiger partial charge in [-0.15, -0.1) is 10.2 Å². The Morgan fingerprint density at radius 3 is 2.89 bits per heavy atom. The highest BCUT2D eigenvalue weighted by Gasteiger charge is 2.30. The third-order valence-corrected chi connectivity index (χ3v) is 2.91. The second-order valence-corrected chi connectivity index (χ2v) is 4.20. The first kappa shape index (κ1) is 12.3. The van der Waals surface area contributed by atoms with Gasteiger partial charge in [-0.2, -0.15) is 5.21 Å². The maximum atomic E-state index is 11.5. The maximum Gasteiger partial charge on any atom is 0.315 e. The summed E-state index contributed by atoms with van der Waals surface area (Å²) in [6.07, 6.45) is 1.77. The number of rotatable bonds is 4. The number of H-pyrrole nitrogens is 1. The average molecular weight is 254 g/mol. The first-order valence-corrected chi connectivity index (χ1v) is 5.64. The Bertz CT molecular complexity index is 420. The fourth-order valence-corrected chi connectivity index (χ4v) is 1.99. The number of hydrogen-bond acceptors (Lipinski definition) is 5. The van der Waals surface area contributed by atoms with Crippen LogP contribution >= 0.6 is 0 Å². The SMILES string of the molecule is O=C(NCc1nn[nH]n1)NC1CCC(C(=O)O)C1. The van der Waals surface area contributed by atoms with Gasteiger partial charge >= 0.3 is 12.0 Å². The van der Waals surface area contributed by atoms with E-state index >= 15 is 0 Å². The second-order valence-electron chi connectivity index (χ2n) is 4.20. The molecule has 1 aliphatic rings. The summed E-state index contributed by atoms with van der Waals surface area (Å²) in [4.78, 5) is 22.3. The predicted molar refractivity (Wildman–Crippen MR) is 58.3 cm³/mol. The van der Waals surface area contributed by atoms with Crippen molar-refractivity contribution in [3.05, 3.63) is 5.82 Å². The number of amides is 2. The molecule has 0 aromatic carbocycles. The zero-order valence-corrected chi connectivity index (χ0v) is 9.59. The molecule has 9 heteroatoms. The van der Waals surface area contributed by atoms with E-state index in [9.17, 15) is 9.59 Å². The Labute approximate surface area is 102 Å². The van der Waals surface area contributed by atoms with Gasteiger partial charge in [-0.1, -0.05) is 5.21 Å². The number of urea groups is 1. The van der Waals surface area contributed by atoms with Crippen LogP contribution in [0.3, 0.4) is 0 Å². The smallest absolute Gasteiger partial charge is 0.315 e. The van der Waals surface area contributed by atoms with Crippen LogP contribution in [0.2, 0.25) is 0 Å². The van der Waals surface area contributed by atoms with Crippen LogP contribution in [0.1, 0.15) is 25.1 Å². The number of nitrogens with one attached hydrogen (secondary N) is 3. The Kier molecular flexibility index (Phi) is 3.70. The summed E-state index contributed by atoms with van der Waals surface area (Å²) in [5.74, 6) is -0.765. The Hall–Kier alpha value is -2.19. The average Bonchev–Trinajstić information content (AvgIpc) is 2.96. The number of aromatic nitrogens is 4. The van der Waals surface area contributed by atoms with Gasteiger partial charge in [0, 0.05) is 6.04 Å². The van der Waals surface area contributed by atoms with Crippen molar-refractivity contribution in [1.82, 2.24) is 31.3 Å². The van der Waals surface area contributed by atoms with Crippen LogP contribution in [0.15, 0.2) is 0 Å². The quantitative estimate of drug-likeness (QED) is 0.559. The fourth-order valence-electron chi connectivity index (χ4n) is 1.99. The van der Waals surface area contributed by atoms with Crippen LogP contribution in [0.5, 0.6) is 0 Å². The van der Waals surface area contributed by atoms with E-state index in [-0.39, 0.29) is 24.5 Å². The Morgan fingerprint density at radius 2 is 2.28 bits per heavy atom. The molecule has 1 fully saturated rings. The van der Waals surface area contributed by atoms with Gasteiger partial charge in [0.05, 0.1) is 12.5 Å². The first-order chi connectivity index (χ1) is 8.65. The van der Waals surface area contributed by atoms with Crippen LogP contribution in [0.4, 0.5) is 4.79 Å². The van der Waals surface area contributed by atoms with E-state index in [0.717, 1.165) is 0 Å². The predicted octanol–water partition coefficient (Wildman–Crippen LogP) is -0.748. The molecule has 18 heavy (non-hydrogen) atoms. The number of aliphatic carboxylic acids is 1. The third-order valence-electron chi connectivity index (χ3n) is 2.91. The molecule has 0 aliphatic heterocycles. The summed E-state index contributed by atoms with van der Waals surface area (Å²) in [6, 6.07) is -0.438. The van der Waals surface area contributed by atoms with Crippen molar-refractivity contribution in [2.45, 2.75) is 31.8 Å². The van der Waals surface area contributed by atoms with Crippen LogP contribution in [-0.2, 0) is 11.3 Å². The van der Waals surface area contributed by atoms with E-state index in [0.29, 0.717) is 25.1 Å². The number of nitrogens with zero attached hydrogens (tertiary/aromatic N) is 3. The molecule has 2 rings (SSSR count). The van der Waals surface area contributed by atoms with Gasteiger partial charge in [0.1, 0.15) is 0 Å². The minimum atomic E-state index is -0.800. The Balaban J connectivity index is 1.70. The lowest BCUT2D eigenvalue weighted by Crippen LogP contribution is -2.41. The van der Waals surface area contributed by atoms with Crippen LogP contribution in [0, 0.1) is 5.92 Å². The van der Waals surface area contributed by atoms with Gasteiger partial charge in [0.15, 0.2) is 5.82 Å². The van der Waals surface area contributed by atoms with E-state index < -0.39 is 5.97 Å². The molecule has 2 unspecified atom stereocenters. The number of carboxylic acid groups (broad SMARTS) is 1. The van der Waals surface area contributed by atoms with Crippen molar-refractivity contribution in [2.75, 3.05) is 0 Å². The van der Waals surface area contributed by atoms with Gasteiger partial charge in [-0.05, 0) is 19.3 Å². The molecule has 2 amide bonds. The van der Waals surface area contributed by atoms with Crippen molar-refractivity contribution in [1.29, 1.82) is 0 Å². The van der Waals surface area contributed by atoms with Crippen molar-refractivity contribution in [2.24, 2.45) is 5.92 Å². The number of tetrazole rings is 1. The summed E-state index contributed by atoms with van der Waals surface area (Å²) < 4.78 is 0. The zero-order chi connectivity index (χ0) is 13.0. The first-order valence-electron chi connectivity index (χ1n) is 5.64. The third kappa shape index (κ3) is 3.15. The molecular weight excluding hydrogens is 240 g/mol. The van der Waals surface area contributed by atoms with Gasteiger partial charge in [0.25, 0.3) is 0 Å². The number of hydrogen-bond donors (Lipinski definition) is 4. The highest BCUT2D eigenvalue weighted by Crippen LogP contribution is 2.25. The van der Waals surface area contributed by atoms with E-state index in [1.165, 1.54) is 0 Å². The molecule has 4 N–H and O–H groups in total. The van der Waals surface area contributed by atoms with Crippen LogP contribution < -0.4 is 10.6 Å². The lowest BCUT2D eigenvalue weighted by molar-refractivity contribution is -0.141. The largest absolute Gasteiger partial charge is 0.481 e. The lowest BCUT2D eigenvalue weighted by atomic mass is 10.1. The summed E-state index contributed by atoms with van der Waals surface area (Å²) in [5.41, 5.74) is 0. The van der Waals surface area contributed by atoms with Gasteiger partial charge in [-0.25, -0.2) is 4.79 Å². The number of carbonyl (C=O) groups excluding carboxylic acids is 1. The van der Waals surface area contributed by atoms with Gasteiger partial charge in [0.2, 0.25) is 0 Å². The van der Waals surface area contributed by atoms with Gasteiger partial charge in [-0.3, -0.25) is 4.79 Å². The van der Waals surface area contributed by atoms with E-state index in [1.54, 1.807) is 0 Å². The molecule has 9 nitrogen and oxygen atoms in total. The van der Waals surface area contributed by atoms with Crippen molar-refractivity contribution < 1.29 is 14.7 Å². The monoisotopic (exact) mass is 254 g/mol. The van der Waals surface area contributed by atoms with Crippen molar-refractivity contribution >= 4 is 12.0 Å². The number of aromatic amines is 1. The minimum absolute atomic E-state index is 0.0867. The van der Waals surface area contributed by atoms with E-state index in [1.807, 2.05) is 0 Å².